The van der Waals surface area contributed by atoms with Crippen LogP contribution in [-0.2, 0) is 26.0 Å². The SMILES string of the molecule is NS(=O)(=O)c1ccc(CCNC(=O)CN2CCN(C=O)CC2)cc1. The van der Waals surface area contributed by atoms with Gasteiger partial charge in [-0.1, -0.05) is 12.1 Å². The maximum absolute atomic E-state index is 11.9. The molecule has 0 aromatic heterocycles. The summed E-state index contributed by atoms with van der Waals surface area (Å²) < 4.78 is 22.3. The summed E-state index contributed by atoms with van der Waals surface area (Å²) in [4.78, 5) is 26.3. The zero-order valence-corrected chi connectivity index (χ0v) is 14.2. The van der Waals surface area contributed by atoms with E-state index in [1.807, 2.05) is 4.90 Å². The molecule has 1 aliphatic rings. The van der Waals surface area contributed by atoms with Crippen molar-refractivity contribution in [3.63, 3.8) is 0 Å². The van der Waals surface area contributed by atoms with Crippen molar-refractivity contribution >= 4 is 22.3 Å². The molecule has 0 saturated carbocycles. The average Bonchev–Trinajstić information content (AvgIpc) is 2.55. The number of piperazine rings is 1. The van der Waals surface area contributed by atoms with E-state index < -0.39 is 10.0 Å². The van der Waals surface area contributed by atoms with Crippen LogP contribution in [0.3, 0.4) is 0 Å². The molecule has 0 radical (unpaired) electrons. The molecule has 0 bridgehead atoms. The number of amides is 2. The predicted octanol–water partition coefficient (Wildman–Crippen LogP) is -1.23. The van der Waals surface area contributed by atoms with Gasteiger partial charge in [-0.3, -0.25) is 14.5 Å². The van der Waals surface area contributed by atoms with Crippen LogP contribution in [0.25, 0.3) is 0 Å². The molecule has 1 aliphatic heterocycles. The zero-order valence-electron chi connectivity index (χ0n) is 13.3. The van der Waals surface area contributed by atoms with Crippen molar-refractivity contribution in [2.24, 2.45) is 5.14 Å². The van der Waals surface area contributed by atoms with Gasteiger partial charge in [-0.05, 0) is 24.1 Å². The average molecular weight is 354 g/mol. The topological polar surface area (TPSA) is 113 Å². The van der Waals surface area contributed by atoms with Gasteiger partial charge in [0.15, 0.2) is 0 Å². The van der Waals surface area contributed by atoms with Gasteiger partial charge in [0.2, 0.25) is 22.3 Å². The van der Waals surface area contributed by atoms with Gasteiger partial charge in [-0.25, -0.2) is 13.6 Å². The van der Waals surface area contributed by atoms with E-state index in [4.69, 9.17) is 5.14 Å². The number of carbonyl (C=O) groups is 2. The Bertz CT molecular complexity index is 667. The van der Waals surface area contributed by atoms with Gasteiger partial charge in [0.1, 0.15) is 0 Å². The van der Waals surface area contributed by atoms with Gasteiger partial charge < -0.3 is 10.2 Å². The van der Waals surface area contributed by atoms with Gasteiger partial charge in [0, 0.05) is 32.7 Å². The summed E-state index contributed by atoms with van der Waals surface area (Å²) in [5.74, 6) is -0.0595. The minimum Gasteiger partial charge on any atom is -0.355 e. The molecule has 0 unspecified atom stereocenters. The quantitative estimate of drug-likeness (QED) is 0.595. The molecule has 0 spiro atoms. The highest BCUT2D eigenvalue weighted by Crippen LogP contribution is 2.08. The molecule has 2 rings (SSSR count). The number of hydrogen-bond donors (Lipinski definition) is 2. The highest BCUT2D eigenvalue weighted by molar-refractivity contribution is 7.89. The Morgan fingerprint density at radius 2 is 1.79 bits per heavy atom. The van der Waals surface area contributed by atoms with Gasteiger partial charge in [-0.15, -0.1) is 0 Å². The fraction of sp³-hybridized carbons (Fsp3) is 0.467. The van der Waals surface area contributed by atoms with E-state index >= 15 is 0 Å². The molecule has 24 heavy (non-hydrogen) atoms. The molecule has 3 N–H and O–H groups in total. The molecular weight excluding hydrogens is 332 g/mol. The first-order chi connectivity index (χ1) is 11.4. The molecule has 8 nitrogen and oxygen atoms in total. The van der Waals surface area contributed by atoms with Crippen LogP contribution in [0.15, 0.2) is 29.2 Å². The lowest BCUT2D eigenvalue weighted by Gasteiger charge is -2.31. The summed E-state index contributed by atoms with van der Waals surface area (Å²) in [6, 6.07) is 6.28. The molecule has 9 heteroatoms. The van der Waals surface area contributed by atoms with Crippen LogP contribution in [-0.4, -0.2) is 69.8 Å². The Kier molecular flexibility index (Phi) is 6.29. The van der Waals surface area contributed by atoms with Gasteiger partial charge in [0.05, 0.1) is 11.4 Å². The predicted molar refractivity (Wildman–Crippen MR) is 88.6 cm³/mol. The summed E-state index contributed by atoms with van der Waals surface area (Å²) in [7, 11) is -3.68. The molecule has 132 valence electrons. The fourth-order valence-electron chi connectivity index (χ4n) is 2.48. The minimum atomic E-state index is -3.68. The molecule has 2 amide bonds. The summed E-state index contributed by atoms with van der Waals surface area (Å²) in [6.45, 7) is 3.47. The maximum Gasteiger partial charge on any atom is 0.238 e. The Balaban J connectivity index is 1.70. The van der Waals surface area contributed by atoms with Gasteiger partial charge in [-0.2, -0.15) is 0 Å². The molecule has 0 atom stereocenters. The summed E-state index contributed by atoms with van der Waals surface area (Å²) >= 11 is 0. The van der Waals surface area contributed by atoms with Crippen LogP contribution in [0.5, 0.6) is 0 Å². The third-order valence-electron chi connectivity index (χ3n) is 3.91. The largest absolute Gasteiger partial charge is 0.355 e. The number of primary sulfonamides is 1. The Morgan fingerprint density at radius 1 is 1.17 bits per heavy atom. The monoisotopic (exact) mass is 354 g/mol. The maximum atomic E-state index is 11.9. The highest BCUT2D eigenvalue weighted by atomic mass is 32.2. The van der Waals surface area contributed by atoms with Crippen LogP contribution < -0.4 is 10.5 Å². The number of sulfonamides is 1. The van der Waals surface area contributed by atoms with Crippen LogP contribution in [0, 0.1) is 0 Å². The Labute approximate surface area is 141 Å². The van der Waals surface area contributed by atoms with E-state index in [9.17, 15) is 18.0 Å². The van der Waals surface area contributed by atoms with E-state index in [1.165, 1.54) is 12.1 Å². The number of hydrogen-bond acceptors (Lipinski definition) is 5. The number of nitrogens with two attached hydrogens (primary N) is 1. The van der Waals surface area contributed by atoms with Gasteiger partial charge in [0.25, 0.3) is 0 Å². The summed E-state index contributed by atoms with van der Waals surface area (Å²) in [5.41, 5.74) is 0.919. The second kappa shape index (κ2) is 8.22. The molecule has 1 aromatic carbocycles. The molecule has 1 fully saturated rings. The standard InChI is InChI=1S/C15H22N4O4S/c16-24(22,23)14-3-1-13(2-4-14)5-6-17-15(21)11-18-7-9-19(12-20)10-8-18/h1-4,12H,5-11H2,(H,17,21)(H2,16,22,23). The fourth-order valence-corrected chi connectivity index (χ4v) is 2.99. The molecule has 1 aromatic rings. The number of benzene rings is 1. The van der Waals surface area contributed by atoms with Crippen LogP contribution in [0.2, 0.25) is 0 Å². The lowest BCUT2D eigenvalue weighted by molar-refractivity contribution is -0.123. The summed E-state index contributed by atoms with van der Waals surface area (Å²) in [5, 5.41) is 7.88. The summed E-state index contributed by atoms with van der Waals surface area (Å²) in [6.07, 6.45) is 1.44. The van der Waals surface area contributed by atoms with Crippen molar-refractivity contribution in [1.29, 1.82) is 0 Å². The van der Waals surface area contributed by atoms with Gasteiger partial charge >= 0.3 is 0 Å². The zero-order chi connectivity index (χ0) is 17.6. The molecule has 0 aliphatic carbocycles. The van der Waals surface area contributed by atoms with Crippen molar-refractivity contribution in [2.45, 2.75) is 11.3 Å². The smallest absolute Gasteiger partial charge is 0.238 e. The third-order valence-corrected chi connectivity index (χ3v) is 4.84. The third kappa shape index (κ3) is 5.59. The van der Waals surface area contributed by atoms with E-state index in [-0.39, 0.29) is 10.8 Å². The van der Waals surface area contributed by atoms with Crippen LogP contribution >= 0.6 is 0 Å². The first-order valence-electron chi connectivity index (χ1n) is 7.68. The molecule has 1 saturated heterocycles. The van der Waals surface area contributed by atoms with Crippen molar-refractivity contribution in [3.05, 3.63) is 29.8 Å². The second-order valence-electron chi connectivity index (χ2n) is 5.71. The first kappa shape index (κ1) is 18.4. The number of rotatable bonds is 7. The number of carbonyl (C=O) groups excluding carboxylic acids is 2. The van der Waals surface area contributed by atoms with Crippen LogP contribution in [0.4, 0.5) is 0 Å². The van der Waals surface area contributed by atoms with E-state index in [0.717, 1.165) is 12.0 Å². The molecular formula is C15H22N4O4S. The lowest BCUT2D eigenvalue weighted by Crippen LogP contribution is -2.49. The molecule has 1 heterocycles. The normalized spacial score (nSPS) is 16.0. The highest BCUT2D eigenvalue weighted by Gasteiger charge is 2.17. The van der Waals surface area contributed by atoms with Crippen molar-refractivity contribution < 1.29 is 18.0 Å². The van der Waals surface area contributed by atoms with Crippen molar-refractivity contribution in [1.82, 2.24) is 15.1 Å². The van der Waals surface area contributed by atoms with E-state index in [0.29, 0.717) is 45.7 Å². The number of nitrogens with one attached hydrogen (secondary N) is 1. The number of nitrogens with zero attached hydrogens (tertiary/aromatic N) is 2. The lowest BCUT2D eigenvalue weighted by atomic mass is 10.1. The van der Waals surface area contributed by atoms with Crippen LogP contribution in [0.1, 0.15) is 5.56 Å². The second-order valence-corrected chi connectivity index (χ2v) is 7.27. The Morgan fingerprint density at radius 3 is 2.33 bits per heavy atom. The van der Waals surface area contributed by atoms with Crippen molar-refractivity contribution in [3.8, 4) is 0 Å². The van der Waals surface area contributed by atoms with E-state index in [2.05, 4.69) is 5.32 Å². The minimum absolute atomic E-state index is 0.0595. The van der Waals surface area contributed by atoms with E-state index in [1.54, 1.807) is 17.0 Å². The first-order valence-corrected chi connectivity index (χ1v) is 9.23. The Hall–Kier alpha value is -1.97. The van der Waals surface area contributed by atoms with Crippen molar-refractivity contribution in [2.75, 3.05) is 39.3 Å².